The van der Waals surface area contributed by atoms with E-state index < -0.39 is 0 Å². The number of rotatable bonds is 6. The summed E-state index contributed by atoms with van der Waals surface area (Å²) in [5.74, 6) is 0.153. The third-order valence-electron chi connectivity index (χ3n) is 4.36. The Balaban J connectivity index is 2.01. The van der Waals surface area contributed by atoms with Gasteiger partial charge in [0.25, 0.3) is 5.91 Å². The van der Waals surface area contributed by atoms with Crippen molar-refractivity contribution in [2.45, 2.75) is 32.7 Å². The molecular formula is C18H28N4O3. The number of hydrogen-bond donors (Lipinski definition) is 2. The van der Waals surface area contributed by atoms with Crippen molar-refractivity contribution in [3.63, 3.8) is 0 Å². The van der Waals surface area contributed by atoms with Crippen molar-refractivity contribution in [1.82, 2.24) is 15.2 Å². The monoisotopic (exact) mass is 348 g/mol. The highest BCUT2D eigenvalue weighted by Crippen LogP contribution is 2.27. The lowest BCUT2D eigenvalue weighted by Crippen LogP contribution is -2.42. The molecule has 1 aromatic heterocycles. The van der Waals surface area contributed by atoms with E-state index in [-0.39, 0.29) is 36.4 Å². The molecule has 1 aromatic rings. The van der Waals surface area contributed by atoms with Gasteiger partial charge in [0.15, 0.2) is 0 Å². The van der Waals surface area contributed by atoms with E-state index in [1.807, 2.05) is 18.0 Å². The number of aliphatic hydroxyl groups excluding tert-OH is 1. The minimum Gasteiger partial charge on any atom is -0.395 e. The van der Waals surface area contributed by atoms with Crippen LogP contribution in [0.1, 0.15) is 37.7 Å². The summed E-state index contributed by atoms with van der Waals surface area (Å²) in [6, 6.07) is 3.58. The molecule has 0 aromatic carbocycles. The summed E-state index contributed by atoms with van der Waals surface area (Å²) in [5, 5.41) is 11.4. The van der Waals surface area contributed by atoms with E-state index in [1.165, 1.54) is 0 Å². The third kappa shape index (κ3) is 4.92. The highest BCUT2D eigenvalue weighted by molar-refractivity contribution is 5.93. The van der Waals surface area contributed by atoms with Crippen molar-refractivity contribution in [1.29, 1.82) is 0 Å². The van der Waals surface area contributed by atoms with Gasteiger partial charge in [-0.1, -0.05) is 0 Å². The van der Waals surface area contributed by atoms with Crippen molar-refractivity contribution in [2.24, 2.45) is 5.92 Å². The maximum atomic E-state index is 12.2. The number of carbonyl (C=O) groups excluding carboxylic acids is 2. The summed E-state index contributed by atoms with van der Waals surface area (Å²) in [6.07, 6.45) is 2.15. The quantitative estimate of drug-likeness (QED) is 0.797. The van der Waals surface area contributed by atoms with Crippen LogP contribution in [0.4, 0.5) is 5.69 Å². The molecule has 1 aliphatic heterocycles. The fraction of sp³-hybridized carbons (Fsp3) is 0.611. The summed E-state index contributed by atoms with van der Waals surface area (Å²) in [7, 11) is 1.95. The zero-order chi connectivity index (χ0) is 18.6. The first-order valence-electron chi connectivity index (χ1n) is 8.59. The molecule has 2 rings (SSSR count). The Bertz CT molecular complexity index is 627. The summed E-state index contributed by atoms with van der Waals surface area (Å²) in [6.45, 7) is 7.74. The van der Waals surface area contributed by atoms with Gasteiger partial charge in [-0.3, -0.25) is 14.6 Å². The molecule has 7 nitrogen and oxygen atoms in total. The number of nitrogens with zero attached hydrogens (tertiary/aromatic N) is 3. The number of carbonyl (C=O) groups is 2. The Kier molecular flexibility index (Phi) is 6.00. The zero-order valence-corrected chi connectivity index (χ0v) is 15.5. The molecule has 138 valence electrons. The fourth-order valence-corrected chi connectivity index (χ4v) is 3.09. The Morgan fingerprint density at radius 3 is 2.80 bits per heavy atom. The number of amides is 2. The van der Waals surface area contributed by atoms with Crippen molar-refractivity contribution >= 4 is 17.5 Å². The van der Waals surface area contributed by atoms with Crippen LogP contribution < -0.4 is 10.2 Å². The normalized spacial score (nSPS) is 17.7. The minimum atomic E-state index is -0.306. The van der Waals surface area contributed by atoms with Crippen LogP contribution in [0.5, 0.6) is 0 Å². The molecule has 2 heterocycles. The average Bonchev–Trinajstić information content (AvgIpc) is 2.93. The fourth-order valence-electron chi connectivity index (χ4n) is 3.09. The van der Waals surface area contributed by atoms with E-state index in [9.17, 15) is 9.59 Å². The second-order valence-corrected chi connectivity index (χ2v) is 7.50. The SMILES string of the molecule is CN(C[C@@H]1CC(=O)N(C(C)(C)C)C1)c1ccnc(C(=O)NCCO)c1. The first kappa shape index (κ1) is 19.2. The van der Waals surface area contributed by atoms with Gasteiger partial charge in [-0.05, 0) is 32.9 Å². The van der Waals surface area contributed by atoms with Crippen LogP contribution in [0.15, 0.2) is 18.3 Å². The molecule has 0 radical (unpaired) electrons. The van der Waals surface area contributed by atoms with Gasteiger partial charge in [0, 0.05) is 56.4 Å². The molecule has 0 unspecified atom stereocenters. The molecular weight excluding hydrogens is 320 g/mol. The molecule has 0 spiro atoms. The highest BCUT2D eigenvalue weighted by Gasteiger charge is 2.36. The van der Waals surface area contributed by atoms with Gasteiger partial charge in [0.05, 0.1) is 6.61 Å². The van der Waals surface area contributed by atoms with E-state index >= 15 is 0 Å². The van der Waals surface area contributed by atoms with Crippen LogP contribution in [-0.2, 0) is 4.79 Å². The lowest BCUT2D eigenvalue weighted by molar-refractivity contribution is -0.131. The zero-order valence-electron chi connectivity index (χ0n) is 15.5. The number of nitrogens with one attached hydrogen (secondary N) is 1. The lowest BCUT2D eigenvalue weighted by atomic mass is 10.1. The number of aliphatic hydroxyl groups is 1. The van der Waals surface area contributed by atoms with Gasteiger partial charge in [0.2, 0.25) is 5.91 Å². The first-order chi connectivity index (χ1) is 11.7. The molecule has 0 aliphatic carbocycles. The first-order valence-corrected chi connectivity index (χ1v) is 8.59. The van der Waals surface area contributed by atoms with Gasteiger partial charge < -0.3 is 20.2 Å². The van der Waals surface area contributed by atoms with Crippen molar-refractivity contribution in [2.75, 3.05) is 38.2 Å². The summed E-state index contributed by atoms with van der Waals surface area (Å²) in [4.78, 5) is 32.2. The Morgan fingerprint density at radius 1 is 1.48 bits per heavy atom. The van der Waals surface area contributed by atoms with Crippen LogP contribution in [-0.4, -0.2) is 65.6 Å². The van der Waals surface area contributed by atoms with Crippen LogP contribution >= 0.6 is 0 Å². The number of pyridine rings is 1. The van der Waals surface area contributed by atoms with Gasteiger partial charge >= 0.3 is 0 Å². The molecule has 1 saturated heterocycles. The Labute approximate surface area is 149 Å². The van der Waals surface area contributed by atoms with E-state index in [1.54, 1.807) is 12.3 Å². The summed E-state index contributed by atoms with van der Waals surface area (Å²) in [5.41, 5.74) is 1.04. The topological polar surface area (TPSA) is 85.8 Å². The summed E-state index contributed by atoms with van der Waals surface area (Å²) >= 11 is 0. The Hall–Kier alpha value is -2.15. The van der Waals surface area contributed by atoms with Crippen LogP contribution in [0, 0.1) is 5.92 Å². The molecule has 2 amide bonds. The van der Waals surface area contributed by atoms with Crippen molar-refractivity contribution < 1.29 is 14.7 Å². The number of likely N-dealkylation sites (tertiary alicyclic amines) is 1. The van der Waals surface area contributed by atoms with Gasteiger partial charge in [-0.15, -0.1) is 0 Å². The minimum absolute atomic E-state index is 0.106. The van der Waals surface area contributed by atoms with E-state index in [0.29, 0.717) is 12.1 Å². The second-order valence-electron chi connectivity index (χ2n) is 7.50. The van der Waals surface area contributed by atoms with Crippen LogP contribution in [0.3, 0.4) is 0 Å². The van der Waals surface area contributed by atoms with Crippen LogP contribution in [0.2, 0.25) is 0 Å². The molecule has 0 bridgehead atoms. The largest absolute Gasteiger partial charge is 0.395 e. The highest BCUT2D eigenvalue weighted by atomic mass is 16.3. The molecule has 2 N–H and O–H groups in total. The summed E-state index contributed by atoms with van der Waals surface area (Å²) < 4.78 is 0. The Morgan fingerprint density at radius 2 is 2.20 bits per heavy atom. The van der Waals surface area contributed by atoms with E-state index in [4.69, 9.17) is 5.11 Å². The predicted molar refractivity (Wildman–Crippen MR) is 96.5 cm³/mol. The van der Waals surface area contributed by atoms with Gasteiger partial charge in [0.1, 0.15) is 5.69 Å². The number of aromatic nitrogens is 1. The number of anilines is 1. The molecule has 1 atom stereocenters. The predicted octanol–water partition coefficient (Wildman–Crippen LogP) is 0.887. The maximum Gasteiger partial charge on any atom is 0.270 e. The lowest BCUT2D eigenvalue weighted by Gasteiger charge is -2.32. The third-order valence-corrected chi connectivity index (χ3v) is 4.36. The van der Waals surface area contributed by atoms with E-state index in [2.05, 4.69) is 36.0 Å². The van der Waals surface area contributed by atoms with Crippen LogP contribution in [0.25, 0.3) is 0 Å². The van der Waals surface area contributed by atoms with E-state index in [0.717, 1.165) is 18.8 Å². The molecule has 1 fully saturated rings. The van der Waals surface area contributed by atoms with Gasteiger partial charge in [-0.25, -0.2) is 0 Å². The van der Waals surface area contributed by atoms with Crippen molar-refractivity contribution in [3.05, 3.63) is 24.0 Å². The van der Waals surface area contributed by atoms with Crippen molar-refractivity contribution in [3.8, 4) is 0 Å². The second kappa shape index (κ2) is 7.82. The molecule has 25 heavy (non-hydrogen) atoms. The van der Waals surface area contributed by atoms with Gasteiger partial charge in [-0.2, -0.15) is 0 Å². The number of hydrogen-bond acceptors (Lipinski definition) is 5. The maximum absolute atomic E-state index is 12.2. The molecule has 1 aliphatic rings. The smallest absolute Gasteiger partial charge is 0.270 e. The average molecular weight is 348 g/mol. The molecule has 0 saturated carbocycles. The molecule has 7 heteroatoms. The standard InChI is InChI=1S/C18H28N4O3/c1-18(2,3)22-12-13(9-16(22)24)11-21(4)14-5-6-19-15(10-14)17(25)20-7-8-23/h5-6,10,13,23H,7-9,11-12H2,1-4H3,(H,20,25)/t13-/m0/s1.